The number of nitrogens with one attached hydrogen (secondary N) is 2. The van der Waals surface area contributed by atoms with Gasteiger partial charge in [-0.25, -0.2) is 0 Å². The molecular formula is C31H29N3O8S2. The first-order chi connectivity index (χ1) is 21.1. The summed E-state index contributed by atoms with van der Waals surface area (Å²) in [5.41, 5.74) is 2.56. The first-order valence-corrected chi connectivity index (χ1v) is 16.0. The zero-order valence-electron chi connectivity index (χ0n) is 23.8. The minimum absolute atomic E-state index is 0.0298. The number of amides is 3. The number of likely N-dealkylation sites (tertiary alicyclic amines) is 1. The monoisotopic (exact) mass is 635 g/mol. The van der Waals surface area contributed by atoms with Gasteiger partial charge in [0.05, 0.1) is 24.0 Å². The van der Waals surface area contributed by atoms with Gasteiger partial charge in [0.25, 0.3) is 5.91 Å². The number of carbonyl (C=O) groups excluding carboxylic acids is 3. The molecule has 3 heterocycles. The second-order valence-electron chi connectivity index (χ2n) is 11.7. The SMILES string of the molecule is COc1cc([C@H]2c3sc(=O)[nH]c3SC3C4CC(C5C(=O)N(CC(=O)O)C(=O)C45)C32)ccc1OCC(=O)Nc1cccc(C)c1. The van der Waals surface area contributed by atoms with Gasteiger partial charge >= 0.3 is 10.8 Å². The number of thiazole rings is 1. The topological polar surface area (TPSA) is 155 Å². The Morgan fingerprint density at radius 2 is 1.84 bits per heavy atom. The van der Waals surface area contributed by atoms with Crippen molar-refractivity contribution in [2.45, 2.75) is 29.5 Å². The van der Waals surface area contributed by atoms with E-state index in [-0.39, 0.29) is 46.3 Å². The Bertz CT molecular complexity index is 1770. The molecule has 2 bridgehead atoms. The molecule has 228 valence electrons. The number of aliphatic carboxylic acids is 1. The summed E-state index contributed by atoms with van der Waals surface area (Å²) >= 11 is 2.70. The zero-order valence-corrected chi connectivity index (χ0v) is 25.4. The predicted molar refractivity (Wildman–Crippen MR) is 161 cm³/mol. The molecule has 3 fully saturated rings. The quantitative estimate of drug-likeness (QED) is 0.316. The number of carboxylic acids is 1. The maximum atomic E-state index is 13.4. The number of rotatable bonds is 8. The van der Waals surface area contributed by atoms with Crippen molar-refractivity contribution in [3.8, 4) is 11.5 Å². The van der Waals surface area contributed by atoms with Gasteiger partial charge in [-0.2, -0.15) is 0 Å². The van der Waals surface area contributed by atoms with E-state index < -0.39 is 36.2 Å². The van der Waals surface area contributed by atoms with E-state index in [0.717, 1.165) is 37.3 Å². The van der Waals surface area contributed by atoms with Crippen LogP contribution in [-0.2, 0) is 19.2 Å². The average Bonchev–Trinajstić information content (AvgIpc) is 3.72. The van der Waals surface area contributed by atoms with E-state index in [2.05, 4.69) is 10.3 Å². The van der Waals surface area contributed by atoms with Crippen molar-refractivity contribution in [1.29, 1.82) is 0 Å². The van der Waals surface area contributed by atoms with E-state index in [1.54, 1.807) is 23.9 Å². The Kier molecular flexibility index (Phi) is 7.04. The lowest BCUT2D eigenvalue weighted by atomic mass is 9.68. The van der Waals surface area contributed by atoms with Gasteiger partial charge in [0.2, 0.25) is 11.8 Å². The van der Waals surface area contributed by atoms with Crippen LogP contribution in [0.2, 0.25) is 0 Å². The number of aromatic amines is 1. The normalized spacial score (nSPS) is 28.0. The number of nitrogens with zero attached hydrogens (tertiary/aromatic N) is 1. The minimum atomic E-state index is -1.22. The average molecular weight is 636 g/mol. The van der Waals surface area contributed by atoms with Crippen LogP contribution in [0, 0.1) is 36.5 Å². The summed E-state index contributed by atoms with van der Waals surface area (Å²) in [7, 11) is 1.51. The van der Waals surface area contributed by atoms with Crippen LogP contribution in [0.15, 0.2) is 52.3 Å². The molecule has 1 saturated heterocycles. The number of H-pyrrole nitrogens is 1. The van der Waals surface area contributed by atoms with Crippen molar-refractivity contribution >= 4 is 52.5 Å². The van der Waals surface area contributed by atoms with E-state index in [4.69, 9.17) is 9.47 Å². The van der Waals surface area contributed by atoms with Gasteiger partial charge in [-0.15, -0.1) is 11.8 Å². The van der Waals surface area contributed by atoms with Crippen molar-refractivity contribution < 1.29 is 33.8 Å². The number of fused-ring (bicyclic) bond motifs is 9. The highest BCUT2D eigenvalue weighted by molar-refractivity contribution is 8.00. The number of aryl methyl sites for hydroxylation is 1. The van der Waals surface area contributed by atoms with Crippen molar-refractivity contribution in [3.05, 3.63) is 68.1 Å². The van der Waals surface area contributed by atoms with Crippen molar-refractivity contribution in [1.82, 2.24) is 9.88 Å². The summed E-state index contributed by atoms with van der Waals surface area (Å²) in [6.07, 6.45) is 0.695. The lowest BCUT2D eigenvalue weighted by Crippen LogP contribution is -2.42. The number of hydrogen-bond donors (Lipinski definition) is 3. The molecule has 44 heavy (non-hydrogen) atoms. The Labute approximate surface area is 259 Å². The number of hydrogen-bond acceptors (Lipinski definition) is 9. The van der Waals surface area contributed by atoms with Crippen LogP contribution < -0.4 is 19.7 Å². The summed E-state index contributed by atoms with van der Waals surface area (Å²) in [5.74, 6) is -3.19. The molecule has 3 amide bonds. The number of carboxylic acid groups (broad SMARTS) is 1. The molecular weight excluding hydrogens is 606 g/mol. The Balaban J connectivity index is 1.18. The van der Waals surface area contributed by atoms with E-state index in [1.165, 1.54) is 7.11 Å². The third kappa shape index (κ3) is 4.60. The Morgan fingerprint density at radius 3 is 2.57 bits per heavy atom. The molecule has 3 N–H and O–H groups in total. The van der Waals surface area contributed by atoms with Crippen LogP contribution in [0.25, 0.3) is 0 Å². The van der Waals surface area contributed by atoms with E-state index in [1.807, 2.05) is 37.3 Å². The highest BCUT2D eigenvalue weighted by Crippen LogP contribution is 2.68. The second-order valence-corrected chi connectivity index (χ2v) is 13.9. The molecule has 7 rings (SSSR count). The van der Waals surface area contributed by atoms with Gasteiger partial charge in [0.1, 0.15) is 6.54 Å². The summed E-state index contributed by atoms with van der Waals surface area (Å²) in [4.78, 5) is 67.8. The molecule has 2 aliphatic heterocycles. The van der Waals surface area contributed by atoms with Gasteiger partial charge in [0.15, 0.2) is 18.1 Å². The van der Waals surface area contributed by atoms with Crippen LogP contribution in [0.1, 0.15) is 28.3 Å². The van der Waals surface area contributed by atoms with Crippen LogP contribution in [0.5, 0.6) is 11.5 Å². The van der Waals surface area contributed by atoms with Crippen LogP contribution >= 0.6 is 23.1 Å². The number of ether oxygens (including phenoxy) is 2. The fourth-order valence-corrected chi connectivity index (χ4v) is 10.7. The molecule has 1 aromatic heterocycles. The molecule has 11 nitrogen and oxygen atoms in total. The molecule has 2 aromatic carbocycles. The smallest absolute Gasteiger partial charge is 0.323 e. The third-order valence-corrected chi connectivity index (χ3v) is 11.9. The first-order valence-electron chi connectivity index (χ1n) is 14.3. The molecule has 4 aliphatic rings. The van der Waals surface area contributed by atoms with Crippen LogP contribution in [0.4, 0.5) is 5.69 Å². The van der Waals surface area contributed by atoms with Gasteiger partial charge in [0, 0.05) is 21.7 Å². The molecule has 0 spiro atoms. The maximum Gasteiger partial charge on any atom is 0.323 e. The molecule has 2 aliphatic carbocycles. The fourth-order valence-electron chi connectivity index (χ4n) is 7.80. The third-order valence-electron chi connectivity index (χ3n) is 9.32. The molecule has 7 atom stereocenters. The molecule has 6 unspecified atom stereocenters. The van der Waals surface area contributed by atoms with E-state index in [9.17, 15) is 29.1 Å². The van der Waals surface area contributed by atoms with Crippen LogP contribution in [-0.4, -0.2) is 64.2 Å². The van der Waals surface area contributed by atoms with Crippen molar-refractivity contribution in [2.24, 2.45) is 29.6 Å². The van der Waals surface area contributed by atoms with Gasteiger partial charge < -0.3 is 24.9 Å². The number of imide groups is 1. The highest BCUT2D eigenvalue weighted by atomic mass is 32.2. The first kappa shape index (κ1) is 28.7. The van der Waals surface area contributed by atoms with E-state index >= 15 is 0 Å². The predicted octanol–water partition coefficient (Wildman–Crippen LogP) is 3.33. The lowest BCUT2D eigenvalue weighted by Gasteiger charge is -2.43. The number of carbonyl (C=O) groups is 4. The lowest BCUT2D eigenvalue weighted by molar-refractivity contribution is -0.149. The number of anilines is 1. The molecule has 0 radical (unpaired) electrons. The zero-order chi connectivity index (χ0) is 30.9. The molecule has 13 heteroatoms. The molecule has 3 aromatic rings. The number of aromatic nitrogens is 1. The standard InChI is InChI=1S/C31H29N3O8S2/c1-13-4-3-5-15(8-13)32-20(35)12-42-18-7-6-14(9-19(18)41-2)22-23-16-10-17(26(23)43-28-27(22)44-31(40)33-28)25-24(16)29(38)34(30(25)39)11-21(36)37/h3-9,16-17,22-26H,10-12H2,1-2H3,(H,32,35)(H,33,40)(H,36,37)/t16?,17?,22-,23?,24?,25?,26?/m1/s1. The van der Waals surface area contributed by atoms with Gasteiger partial charge in [-0.1, -0.05) is 29.5 Å². The maximum absolute atomic E-state index is 13.4. The number of thioether (sulfide) groups is 1. The fraction of sp³-hybridized carbons (Fsp3) is 0.387. The highest BCUT2D eigenvalue weighted by Gasteiger charge is 2.69. The summed E-state index contributed by atoms with van der Waals surface area (Å²) in [5, 5.41) is 12.9. The summed E-state index contributed by atoms with van der Waals surface area (Å²) in [6.45, 7) is 1.08. The van der Waals surface area contributed by atoms with Crippen molar-refractivity contribution in [3.63, 3.8) is 0 Å². The summed E-state index contributed by atoms with van der Waals surface area (Å²) < 4.78 is 11.5. The Hall–Kier alpha value is -4.10. The number of methoxy groups -OCH3 is 1. The van der Waals surface area contributed by atoms with Gasteiger partial charge in [-0.05, 0) is 66.5 Å². The van der Waals surface area contributed by atoms with Crippen molar-refractivity contribution in [2.75, 3.05) is 25.6 Å². The Morgan fingerprint density at radius 1 is 1.07 bits per heavy atom. The minimum Gasteiger partial charge on any atom is -0.493 e. The van der Waals surface area contributed by atoms with E-state index in [0.29, 0.717) is 23.6 Å². The molecule has 2 saturated carbocycles. The summed E-state index contributed by atoms with van der Waals surface area (Å²) in [6, 6.07) is 13.0. The van der Waals surface area contributed by atoms with Crippen LogP contribution in [0.3, 0.4) is 0 Å². The number of benzene rings is 2. The van der Waals surface area contributed by atoms with Gasteiger partial charge in [-0.3, -0.25) is 28.9 Å². The largest absolute Gasteiger partial charge is 0.493 e. The second kappa shape index (κ2) is 10.8.